The lowest BCUT2D eigenvalue weighted by Gasteiger charge is -2.10. The minimum atomic E-state index is -0.225. The van der Waals surface area contributed by atoms with Crippen molar-refractivity contribution >= 4 is 45.7 Å². The van der Waals surface area contributed by atoms with E-state index in [4.69, 9.17) is 21.1 Å². The van der Waals surface area contributed by atoms with Gasteiger partial charge in [-0.05, 0) is 12.1 Å². The highest BCUT2D eigenvalue weighted by molar-refractivity contribution is 6.36. The summed E-state index contributed by atoms with van der Waals surface area (Å²) in [5, 5.41) is 2.56. The smallest absolute Gasteiger partial charge is 0.260 e. The number of ether oxygens (including phenoxy) is 2. The highest BCUT2D eigenvalue weighted by Crippen LogP contribution is 2.33. The molecular formula is C15H13Cl2NO3. The zero-order valence-corrected chi connectivity index (χ0v) is 13.0. The van der Waals surface area contributed by atoms with Gasteiger partial charge in [0, 0.05) is 16.8 Å². The van der Waals surface area contributed by atoms with Crippen molar-refractivity contribution in [3.63, 3.8) is 0 Å². The van der Waals surface area contributed by atoms with E-state index in [0.717, 1.165) is 10.8 Å². The molecular weight excluding hydrogens is 313 g/mol. The molecule has 21 heavy (non-hydrogen) atoms. The molecule has 0 fully saturated rings. The number of rotatable bonds is 2. The lowest BCUT2D eigenvalue weighted by Crippen LogP contribution is -2.08. The molecule has 0 aliphatic heterocycles. The Labute approximate surface area is 132 Å². The number of H-pyrrole nitrogens is 1. The van der Waals surface area contributed by atoms with Crippen molar-refractivity contribution in [2.45, 2.75) is 0 Å². The van der Waals surface area contributed by atoms with Crippen LogP contribution in [-0.2, 0) is 0 Å². The van der Waals surface area contributed by atoms with Crippen molar-refractivity contribution in [1.82, 2.24) is 4.98 Å². The van der Waals surface area contributed by atoms with Crippen LogP contribution < -0.4 is 15.0 Å². The molecule has 0 spiro atoms. The molecule has 1 N–H and O–H groups in total. The molecule has 0 aliphatic rings. The van der Waals surface area contributed by atoms with Crippen LogP contribution in [0.5, 0.6) is 11.5 Å². The second-order valence-corrected chi connectivity index (χ2v) is 4.78. The first-order chi connectivity index (χ1) is 9.65. The van der Waals surface area contributed by atoms with Crippen LogP contribution in [0.3, 0.4) is 0 Å². The highest BCUT2D eigenvalue weighted by atomic mass is 35.5. The third-order valence-corrected chi connectivity index (χ3v) is 3.60. The predicted octanol–water partition coefficient (Wildman–Crippen LogP) is 3.77. The molecule has 0 radical (unpaired) electrons. The van der Waals surface area contributed by atoms with E-state index >= 15 is 0 Å². The Morgan fingerprint density at radius 3 is 2.52 bits per heavy atom. The number of hydrogen-bond donors (Lipinski definition) is 1. The van der Waals surface area contributed by atoms with Crippen LogP contribution >= 0.6 is 24.0 Å². The molecule has 1 aromatic heterocycles. The van der Waals surface area contributed by atoms with Crippen LogP contribution in [0, 0.1) is 0 Å². The van der Waals surface area contributed by atoms with Gasteiger partial charge >= 0.3 is 0 Å². The molecule has 0 atom stereocenters. The number of fused-ring (bicyclic) bond motifs is 3. The monoisotopic (exact) mass is 325 g/mol. The van der Waals surface area contributed by atoms with Gasteiger partial charge < -0.3 is 14.5 Å². The lowest BCUT2D eigenvalue weighted by atomic mass is 10.1. The van der Waals surface area contributed by atoms with Crippen molar-refractivity contribution in [2.75, 3.05) is 14.2 Å². The first kappa shape index (κ1) is 15.5. The van der Waals surface area contributed by atoms with Crippen LogP contribution in [0.4, 0.5) is 0 Å². The summed E-state index contributed by atoms with van der Waals surface area (Å²) in [6.07, 6.45) is 0. The quantitative estimate of drug-likeness (QED) is 0.729. The Kier molecular flexibility index (Phi) is 4.30. The summed E-state index contributed by atoms with van der Waals surface area (Å²) in [5.41, 5.74) is 0.371. The number of pyridine rings is 1. The number of nitrogens with one attached hydrogen (secondary N) is 1. The van der Waals surface area contributed by atoms with Crippen LogP contribution in [0.1, 0.15) is 0 Å². The molecule has 6 heteroatoms. The average molecular weight is 326 g/mol. The second-order valence-electron chi connectivity index (χ2n) is 4.37. The summed E-state index contributed by atoms with van der Waals surface area (Å²) in [5.74, 6) is 1.17. The van der Waals surface area contributed by atoms with Gasteiger partial charge in [0.05, 0.1) is 30.1 Å². The largest absolute Gasteiger partial charge is 0.497 e. The average Bonchev–Trinajstić information content (AvgIpc) is 2.47. The molecule has 0 unspecified atom stereocenters. The third kappa shape index (κ3) is 2.41. The second kappa shape index (κ2) is 5.84. The Balaban J connectivity index is 0.00000161. The van der Waals surface area contributed by atoms with Gasteiger partial charge in [0.25, 0.3) is 5.56 Å². The summed E-state index contributed by atoms with van der Waals surface area (Å²) in [6.45, 7) is 0. The van der Waals surface area contributed by atoms with Gasteiger partial charge in [-0.3, -0.25) is 4.79 Å². The van der Waals surface area contributed by atoms with Crippen molar-refractivity contribution in [3.8, 4) is 11.5 Å². The molecule has 110 valence electrons. The van der Waals surface area contributed by atoms with Gasteiger partial charge in [-0.15, -0.1) is 12.4 Å². The Morgan fingerprint density at radius 1 is 1.10 bits per heavy atom. The molecule has 0 aliphatic carbocycles. The van der Waals surface area contributed by atoms with Gasteiger partial charge in [0.15, 0.2) is 0 Å². The fourth-order valence-corrected chi connectivity index (χ4v) is 2.63. The van der Waals surface area contributed by atoms with E-state index in [-0.39, 0.29) is 18.0 Å². The normalized spacial score (nSPS) is 10.4. The molecule has 3 aromatic rings. The van der Waals surface area contributed by atoms with E-state index in [1.807, 2.05) is 18.2 Å². The number of aromatic nitrogens is 1. The summed E-state index contributed by atoms with van der Waals surface area (Å²) in [4.78, 5) is 15.1. The molecule has 0 saturated carbocycles. The van der Waals surface area contributed by atoms with Crippen LogP contribution in [0.15, 0.2) is 35.1 Å². The minimum Gasteiger partial charge on any atom is -0.497 e. The Morgan fingerprint density at radius 2 is 1.86 bits per heavy atom. The van der Waals surface area contributed by atoms with Gasteiger partial charge in [-0.2, -0.15) is 0 Å². The SMILES string of the molecule is COc1cc(Cl)c2[nH]c(=O)c3c(OC)cccc3c2c1.Cl. The molecule has 0 saturated heterocycles. The van der Waals surface area contributed by atoms with E-state index in [0.29, 0.717) is 27.4 Å². The Bertz CT molecular complexity index is 874. The van der Waals surface area contributed by atoms with E-state index in [2.05, 4.69) is 4.98 Å². The van der Waals surface area contributed by atoms with E-state index in [1.165, 1.54) is 7.11 Å². The fraction of sp³-hybridized carbons (Fsp3) is 0.133. The van der Waals surface area contributed by atoms with E-state index in [9.17, 15) is 4.79 Å². The number of hydrogen-bond acceptors (Lipinski definition) is 3. The first-order valence-electron chi connectivity index (χ1n) is 6.02. The lowest BCUT2D eigenvalue weighted by molar-refractivity contribution is 0.415. The number of benzene rings is 2. The van der Waals surface area contributed by atoms with Gasteiger partial charge in [0.2, 0.25) is 0 Å². The molecule has 2 aromatic carbocycles. The summed E-state index contributed by atoms with van der Waals surface area (Å²) in [6, 6.07) is 8.98. The summed E-state index contributed by atoms with van der Waals surface area (Å²) < 4.78 is 10.5. The predicted molar refractivity (Wildman–Crippen MR) is 87.4 cm³/mol. The fourth-order valence-electron chi connectivity index (χ4n) is 2.38. The zero-order chi connectivity index (χ0) is 14.3. The maximum Gasteiger partial charge on any atom is 0.260 e. The maximum atomic E-state index is 12.3. The van der Waals surface area contributed by atoms with E-state index < -0.39 is 0 Å². The molecule has 3 rings (SSSR count). The van der Waals surface area contributed by atoms with Crippen LogP contribution in [-0.4, -0.2) is 19.2 Å². The van der Waals surface area contributed by atoms with Crippen molar-refractivity contribution in [1.29, 1.82) is 0 Å². The van der Waals surface area contributed by atoms with Crippen LogP contribution in [0.2, 0.25) is 5.02 Å². The van der Waals surface area contributed by atoms with Gasteiger partial charge in [-0.25, -0.2) is 0 Å². The minimum absolute atomic E-state index is 0. The summed E-state index contributed by atoms with van der Waals surface area (Å²) in [7, 11) is 3.11. The third-order valence-electron chi connectivity index (χ3n) is 3.30. The number of halogens is 2. The zero-order valence-electron chi connectivity index (χ0n) is 11.4. The van der Waals surface area contributed by atoms with Crippen molar-refractivity contribution in [2.24, 2.45) is 0 Å². The van der Waals surface area contributed by atoms with Crippen LogP contribution in [0.25, 0.3) is 21.7 Å². The summed E-state index contributed by atoms with van der Waals surface area (Å²) >= 11 is 6.21. The van der Waals surface area contributed by atoms with Crippen molar-refractivity contribution in [3.05, 3.63) is 45.7 Å². The molecule has 0 amide bonds. The maximum absolute atomic E-state index is 12.3. The Hall–Kier alpha value is -1.91. The van der Waals surface area contributed by atoms with E-state index in [1.54, 1.807) is 19.2 Å². The van der Waals surface area contributed by atoms with Gasteiger partial charge in [-0.1, -0.05) is 23.7 Å². The molecule has 4 nitrogen and oxygen atoms in total. The topological polar surface area (TPSA) is 51.3 Å². The highest BCUT2D eigenvalue weighted by Gasteiger charge is 2.12. The number of methoxy groups -OCH3 is 2. The number of aromatic amines is 1. The van der Waals surface area contributed by atoms with Crippen molar-refractivity contribution < 1.29 is 9.47 Å². The molecule has 0 bridgehead atoms. The van der Waals surface area contributed by atoms with Gasteiger partial charge in [0.1, 0.15) is 11.5 Å². The standard InChI is InChI=1S/C15H12ClNO3.ClH/c1-19-8-6-10-9-4-3-5-12(20-2)13(9)15(18)17-14(10)11(16)7-8;/h3-7H,1-2H3,(H,17,18);1H. The molecule has 1 heterocycles. The first-order valence-corrected chi connectivity index (χ1v) is 6.39.